The van der Waals surface area contributed by atoms with Gasteiger partial charge in [0.05, 0.1) is 0 Å². The van der Waals surface area contributed by atoms with E-state index in [1.807, 2.05) is 0 Å². The third-order valence-corrected chi connectivity index (χ3v) is 2.22. The van der Waals surface area contributed by atoms with Crippen molar-refractivity contribution in [1.29, 1.82) is 0 Å². The molecule has 0 saturated carbocycles. The number of ether oxygens (including phenoxy) is 1. The number of carbonyl (C=O) groups is 2. The van der Waals surface area contributed by atoms with E-state index in [0.717, 1.165) is 0 Å². The minimum Gasteiger partial charge on any atom is -0.484 e. The molecule has 1 aromatic rings. The summed E-state index contributed by atoms with van der Waals surface area (Å²) in [5.41, 5.74) is 0. The second-order valence-electron chi connectivity index (χ2n) is 3.93. The number of amides is 2. The van der Waals surface area contributed by atoms with E-state index in [-0.39, 0.29) is 18.4 Å². The summed E-state index contributed by atoms with van der Waals surface area (Å²) in [5, 5.41) is 5.25. The molecular formula is C13H17FN2O3. The van der Waals surface area contributed by atoms with Crippen molar-refractivity contribution in [2.45, 2.75) is 13.3 Å². The molecule has 0 atom stereocenters. The lowest BCUT2D eigenvalue weighted by atomic mass is 10.3. The van der Waals surface area contributed by atoms with E-state index in [4.69, 9.17) is 4.74 Å². The van der Waals surface area contributed by atoms with Crippen LogP contribution in [0, 0.1) is 5.82 Å². The Morgan fingerprint density at radius 2 is 2.00 bits per heavy atom. The number of rotatable bonds is 7. The Kier molecular flexibility index (Phi) is 6.35. The highest BCUT2D eigenvalue weighted by molar-refractivity contribution is 5.77. The zero-order valence-corrected chi connectivity index (χ0v) is 10.7. The zero-order chi connectivity index (χ0) is 14.1. The first-order valence-electron chi connectivity index (χ1n) is 5.97. The van der Waals surface area contributed by atoms with Crippen LogP contribution in [0.5, 0.6) is 5.75 Å². The fourth-order valence-corrected chi connectivity index (χ4v) is 1.34. The molecule has 0 saturated heterocycles. The quantitative estimate of drug-likeness (QED) is 0.720. The van der Waals surface area contributed by atoms with Crippen LogP contribution in [0.25, 0.3) is 0 Å². The van der Waals surface area contributed by atoms with Gasteiger partial charge in [-0.25, -0.2) is 4.39 Å². The highest BCUT2D eigenvalue weighted by Gasteiger charge is 2.02. The largest absolute Gasteiger partial charge is 0.484 e. The van der Waals surface area contributed by atoms with Crippen LogP contribution in [0.2, 0.25) is 0 Å². The van der Waals surface area contributed by atoms with Gasteiger partial charge < -0.3 is 15.4 Å². The van der Waals surface area contributed by atoms with Crippen molar-refractivity contribution in [3.63, 3.8) is 0 Å². The molecule has 1 rings (SSSR count). The summed E-state index contributed by atoms with van der Waals surface area (Å²) in [6, 6.07) is 5.60. The molecule has 19 heavy (non-hydrogen) atoms. The lowest BCUT2D eigenvalue weighted by molar-refractivity contribution is -0.123. The van der Waals surface area contributed by atoms with Crippen LogP contribution in [-0.4, -0.2) is 31.5 Å². The van der Waals surface area contributed by atoms with E-state index in [1.54, 1.807) is 6.07 Å². The first kappa shape index (κ1) is 14.9. The molecule has 1 aromatic carbocycles. The first-order valence-corrected chi connectivity index (χ1v) is 5.97. The van der Waals surface area contributed by atoms with Crippen LogP contribution in [0.4, 0.5) is 4.39 Å². The van der Waals surface area contributed by atoms with Gasteiger partial charge >= 0.3 is 0 Å². The molecule has 5 nitrogen and oxygen atoms in total. The number of nitrogens with one attached hydrogen (secondary N) is 2. The Bertz CT molecular complexity index is 438. The summed E-state index contributed by atoms with van der Waals surface area (Å²) in [7, 11) is 0. The highest BCUT2D eigenvalue weighted by Crippen LogP contribution is 2.11. The molecule has 2 amide bonds. The van der Waals surface area contributed by atoms with Gasteiger partial charge in [0.2, 0.25) is 5.91 Å². The second kappa shape index (κ2) is 8.07. The van der Waals surface area contributed by atoms with Crippen LogP contribution in [0.15, 0.2) is 24.3 Å². The number of benzene rings is 1. The van der Waals surface area contributed by atoms with E-state index in [9.17, 15) is 14.0 Å². The molecule has 2 N–H and O–H groups in total. The lowest BCUT2D eigenvalue weighted by Crippen LogP contribution is -2.32. The standard InChI is InChI=1S/C13H17FN2O3/c1-10(17)15-6-3-7-16-13(18)9-19-12-5-2-4-11(14)8-12/h2,4-5,8H,3,6-7,9H2,1H3,(H,15,17)(H,16,18). The molecule has 0 heterocycles. The summed E-state index contributed by atoms with van der Waals surface area (Å²) in [6.45, 7) is 2.24. The van der Waals surface area contributed by atoms with Gasteiger partial charge in [0.25, 0.3) is 5.91 Å². The van der Waals surface area contributed by atoms with E-state index in [1.165, 1.54) is 25.1 Å². The minimum absolute atomic E-state index is 0.0965. The van der Waals surface area contributed by atoms with Crippen molar-refractivity contribution in [1.82, 2.24) is 10.6 Å². The van der Waals surface area contributed by atoms with Crippen LogP contribution in [-0.2, 0) is 9.59 Å². The first-order chi connectivity index (χ1) is 9.08. The van der Waals surface area contributed by atoms with Crippen LogP contribution in [0.1, 0.15) is 13.3 Å². The van der Waals surface area contributed by atoms with E-state index in [2.05, 4.69) is 10.6 Å². The zero-order valence-electron chi connectivity index (χ0n) is 10.7. The van der Waals surface area contributed by atoms with E-state index in [0.29, 0.717) is 25.3 Å². The molecule has 0 fully saturated rings. The molecule has 0 radical (unpaired) electrons. The summed E-state index contributed by atoms with van der Waals surface area (Å²) in [6.07, 6.45) is 0.644. The number of hydrogen-bond donors (Lipinski definition) is 2. The van der Waals surface area contributed by atoms with Crippen molar-refractivity contribution >= 4 is 11.8 Å². The Morgan fingerprint density at radius 3 is 2.68 bits per heavy atom. The van der Waals surface area contributed by atoms with Crippen LogP contribution in [0.3, 0.4) is 0 Å². The maximum Gasteiger partial charge on any atom is 0.257 e. The third kappa shape index (κ3) is 7.03. The molecule has 0 unspecified atom stereocenters. The molecule has 0 aliphatic heterocycles. The van der Waals surface area contributed by atoms with Gasteiger partial charge in [-0.3, -0.25) is 9.59 Å². The summed E-state index contributed by atoms with van der Waals surface area (Å²) >= 11 is 0. The molecule has 0 bridgehead atoms. The van der Waals surface area contributed by atoms with Gasteiger partial charge in [-0.05, 0) is 18.6 Å². The van der Waals surface area contributed by atoms with Crippen molar-refractivity contribution in [3.8, 4) is 5.75 Å². The molecule has 0 aromatic heterocycles. The Balaban J connectivity index is 2.13. The topological polar surface area (TPSA) is 67.4 Å². The molecule has 0 aliphatic carbocycles. The fraction of sp³-hybridized carbons (Fsp3) is 0.385. The molecular weight excluding hydrogens is 251 g/mol. The predicted molar refractivity (Wildman–Crippen MR) is 68.2 cm³/mol. The van der Waals surface area contributed by atoms with Gasteiger partial charge in [0.1, 0.15) is 11.6 Å². The SMILES string of the molecule is CC(=O)NCCCNC(=O)COc1cccc(F)c1. The Hall–Kier alpha value is -2.11. The molecule has 0 aliphatic rings. The van der Waals surface area contributed by atoms with Gasteiger partial charge in [-0.2, -0.15) is 0 Å². The lowest BCUT2D eigenvalue weighted by Gasteiger charge is -2.07. The van der Waals surface area contributed by atoms with Crippen molar-refractivity contribution in [2.75, 3.05) is 19.7 Å². The Labute approximate surface area is 111 Å². The summed E-state index contributed by atoms with van der Waals surface area (Å²) < 4.78 is 18.0. The monoisotopic (exact) mass is 268 g/mol. The second-order valence-corrected chi connectivity index (χ2v) is 3.93. The smallest absolute Gasteiger partial charge is 0.257 e. The molecule has 6 heteroatoms. The Morgan fingerprint density at radius 1 is 1.26 bits per heavy atom. The minimum atomic E-state index is -0.409. The van der Waals surface area contributed by atoms with Crippen molar-refractivity contribution < 1.29 is 18.7 Å². The summed E-state index contributed by atoms with van der Waals surface area (Å²) in [5.74, 6) is -0.477. The highest BCUT2D eigenvalue weighted by atomic mass is 19.1. The van der Waals surface area contributed by atoms with Gasteiger partial charge in [0.15, 0.2) is 6.61 Å². The average Bonchev–Trinajstić information content (AvgIpc) is 2.35. The maximum absolute atomic E-state index is 12.8. The van der Waals surface area contributed by atoms with Crippen LogP contribution >= 0.6 is 0 Å². The van der Waals surface area contributed by atoms with Gasteiger partial charge in [-0.15, -0.1) is 0 Å². The normalized spacial score (nSPS) is 9.79. The molecule has 0 spiro atoms. The van der Waals surface area contributed by atoms with Crippen LogP contribution < -0.4 is 15.4 Å². The van der Waals surface area contributed by atoms with Gasteiger partial charge in [0, 0.05) is 26.1 Å². The summed E-state index contributed by atoms with van der Waals surface area (Å²) in [4.78, 5) is 22.0. The number of carbonyl (C=O) groups excluding carboxylic acids is 2. The predicted octanol–water partition coefficient (Wildman–Crippen LogP) is 0.847. The molecule has 104 valence electrons. The number of halogens is 1. The van der Waals surface area contributed by atoms with E-state index >= 15 is 0 Å². The van der Waals surface area contributed by atoms with Crippen molar-refractivity contribution in [2.24, 2.45) is 0 Å². The van der Waals surface area contributed by atoms with Crippen molar-refractivity contribution in [3.05, 3.63) is 30.1 Å². The number of hydrogen-bond acceptors (Lipinski definition) is 3. The van der Waals surface area contributed by atoms with E-state index < -0.39 is 5.82 Å². The maximum atomic E-state index is 12.8. The fourth-order valence-electron chi connectivity index (χ4n) is 1.34. The third-order valence-electron chi connectivity index (χ3n) is 2.22. The average molecular weight is 268 g/mol. The van der Waals surface area contributed by atoms with Gasteiger partial charge in [-0.1, -0.05) is 6.07 Å².